The van der Waals surface area contributed by atoms with E-state index in [1.165, 1.54) is 0 Å². The average molecular weight is 177 g/mol. The van der Waals surface area contributed by atoms with E-state index in [4.69, 9.17) is 0 Å². The Morgan fingerprint density at radius 3 is 2.27 bits per heavy atom. The fraction of sp³-hybridized carbons (Fsp3) is 1.00. The van der Waals surface area contributed by atoms with Crippen molar-refractivity contribution in [2.45, 2.75) is 45.3 Å². The first-order chi connectivity index (χ1) is 5.13. The van der Waals surface area contributed by atoms with Gasteiger partial charge in [-0.05, 0) is 18.8 Å². The minimum atomic E-state index is -1.88. The molecule has 0 aliphatic rings. The highest BCUT2D eigenvalue weighted by Crippen LogP contribution is 2.17. The summed E-state index contributed by atoms with van der Waals surface area (Å²) in [6.45, 7) is 6.01. The van der Waals surface area contributed by atoms with Crippen LogP contribution in [0, 0.1) is 5.92 Å². The van der Waals surface area contributed by atoms with E-state index >= 15 is 0 Å². The second kappa shape index (κ2) is 5.72. The Bertz CT molecular complexity index is 125. The molecular formula is C8H17O2S-. The minimum absolute atomic E-state index is 0.144. The van der Waals surface area contributed by atoms with Gasteiger partial charge in [0.25, 0.3) is 0 Å². The van der Waals surface area contributed by atoms with Crippen LogP contribution in [0.25, 0.3) is 0 Å². The lowest BCUT2D eigenvalue weighted by atomic mass is 10.0. The van der Waals surface area contributed by atoms with Gasteiger partial charge in [-0.2, -0.15) is 0 Å². The van der Waals surface area contributed by atoms with Crippen molar-refractivity contribution < 1.29 is 8.76 Å². The van der Waals surface area contributed by atoms with Gasteiger partial charge in [0, 0.05) is 5.25 Å². The van der Waals surface area contributed by atoms with Gasteiger partial charge in [0.05, 0.1) is 0 Å². The minimum Gasteiger partial charge on any atom is -0.772 e. The van der Waals surface area contributed by atoms with Crippen LogP contribution in [0.3, 0.4) is 0 Å². The molecule has 0 aliphatic heterocycles. The van der Waals surface area contributed by atoms with Crippen molar-refractivity contribution in [2.75, 3.05) is 0 Å². The van der Waals surface area contributed by atoms with Gasteiger partial charge in [-0.15, -0.1) is 0 Å². The van der Waals surface area contributed by atoms with Crippen LogP contribution in [0.5, 0.6) is 0 Å². The van der Waals surface area contributed by atoms with Crippen LogP contribution in [-0.4, -0.2) is 14.0 Å². The van der Waals surface area contributed by atoms with Crippen molar-refractivity contribution >= 4 is 11.1 Å². The molecule has 2 nitrogen and oxygen atoms in total. The molecule has 0 rings (SSSR count). The molecule has 3 atom stereocenters. The fourth-order valence-electron chi connectivity index (χ4n) is 1.37. The van der Waals surface area contributed by atoms with Crippen LogP contribution in [-0.2, 0) is 11.1 Å². The topological polar surface area (TPSA) is 40.1 Å². The Kier molecular flexibility index (Phi) is 5.78. The van der Waals surface area contributed by atoms with Crippen LogP contribution in [0.2, 0.25) is 0 Å². The van der Waals surface area contributed by atoms with Gasteiger partial charge in [-0.1, -0.05) is 38.3 Å². The summed E-state index contributed by atoms with van der Waals surface area (Å²) in [6.07, 6.45) is 2.80. The van der Waals surface area contributed by atoms with E-state index in [9.17, 15) is 8.76 Å². The molecule has 0 aromatic heterocycles. The van der Waals surface area contributed by atoms with Crippen LogP contribution in [0.1, 0.15) is 40.0 Å². The van der Waals surface area contributed by atoms with Gasteiger partial charge in [0.2, 0.25) is 0 Å². The van der Waals surface area contributed by atoms with Crippen LogP contribution < -0.4 is 0 Å². The van der Waals surface area contributed by atoms with Crippen LogP contribution in [0.15, 0.2) is 0 Å². The Morgan fingerprint density at radius 1 is 1.45 bits per heavy atom. The molecule has 0 saturated carbocycles. The fourth-order valence-corrected chi connectivity index (χ4v) is 2.16. The summed E-state index contributed by atoms with van der Waals surface area (Å²) in [4.78, 5) is 0. The molecule has 0 aromatic rings. The van der Waals surface area contributed by atoms with E-state index in [-0.39, 0.29) is 5.25 Å². The molecule has 0 N–H and O–H groups in total. The molecular weight excluding hydrogens is 160 g/mol. The first-order valence-corrected chi connectivity index (χ1v) is 5.35. The smallest absolute Gasteiger partial charge is 0.0238 e. The molecule has 68 valence electrons. The molecule has 0 spiro atoms. The third-order valence-electron chi connectivity index (χ3n) is 2.03. The van der Waals surface area contributed by atoms with Crippen molar-refractivity contribution in [3.8, 4) is 0 Å². The quantitative estimate of drug-likeness (QED) is 0.603. The van der Waals surface area contributed by atoms with Gasteiger partial charge in [-0.25, -0.2) is 0 Å². The molecule has 0 bridgehead atoms. The summed E-state index contributed by atoms with van der Waals surface area (Å²) >= 11 is -1.88. The van der Waals surface area contributed by atoms with Gasteiger partial charge in [0.1, 0.15) is 0 Å². The highest BCUT2D eigenvalue weighted by molar-refractivity contribution is 7.79. The normalized spacial score (nSPS) is 19.3. The lowest BCUT2D eigenvalue weighted by Crippen LogP contribution is -2.22. The molecule has 11 heavy (non-hydrogen) atoms. The zero-order valence-corrected chi connectivity index (χ0v) is 8.32. The van der Waals surface area contributed by atoms with E-state index in [1.54, 1.807) is 0 Å². The molecule has 0 heterocycles. The number of hydrogen-bond acceptors (Lipinski definition) is 2. The summed E-state index contributed by atoms with van der Waals surface area (Å²) in [5.41, 5.74) is 0. The van der Waals surface area contributed by atoms with Crippen LogP contribution >= 0.6 is 0 Å². The van der Waals surface area contributed by atoms with Gasteiger partial charge >= 0.3 is 0 Å². The highest BCUT2D eigenvalue weighted by atomic mass is 32.2. The summed E-state index contributed by atoms with van der Waals surface area (Å²) in [7, 11) is 0. The Hall–Kier alpha value is 0.110. The molecule has 3 heteroatoms. The lowest BCUT2D eigenvalue weighted by Gasteiger charge is -2.24. The van der Waals surface area contributed by atoms with E-state index in [1.807, 2.05) is 13.8 Å². The van der Waals surface area contributed by atoms with E-state index < -0.39 is 11.1 Å². The highest BCUT2D eigenvalue weighted by Gasteiger charge is 2.14. The Balaban J connectivity index is 3.91. The molecule has 0 amide bonds. The second-order valence-electron chi connectivity index (χ2n) is 2.97. The monoisotopic (exact) mass is 177 g/mol. The first kappa shape index (κ1) is 11.1. The summed E-state index contributed by atoms with van der Waals surface area (Å²) < 4.78 is 21.3. The first-order valence-electron chi connectivity index (χ1n) is 4.21. The molecule has 0 aliphatic carbocycles. The predicted molar refractivity (Wildman–Crippen MR) is 47.1 cm³/mol. The number of rotatable bonds is 5. The average Bonchev–Trinajstić information content (AvgIpc) is 1.88. The molecule has 0 aromatic carbocycles. The molecule has 3 unspecified atom stereocenters. The molecule has 0 fully saturated rings. The lowest BCUT2D eigenvalue weighted by molar-refractivity contribution is 0.444. The van der Waals surface area contributed by atoms with Gasteiger partial charge in [0.15, 0.2) is 0 Å². The van der Waals surface area contributed by atoms with Crippen molar-refractivity contribution in [3.63, 3.8) is 0 Å². The number of hydrogen-bond donors (Lipinski definition) is 0. The van der Waals surface area contributed by atoms with Gasteiger partial charge in [-0.3, -0.25) is 4.21 Å². The van der Waals surface area contributed by atoms with E-state index in [2.05, 4.69) is 6.92 Å². The summed E-state index contributed by atoms with van der Waals surface area (Å²) in [5, 5.41) is -0.144. The predicted octanol–water partition coefficient (Wildman–Crippen LogP) is 2.08. The maximum atomic E-state index is 10.6. The van der Waals surface area contributed by atoms with E-state index in [0.29, 0.717) is 5.92 Å². The van der Waals surface area contributed by atoms with Crippen molar-refractivity contribution in [1.82, 2.24) is 0 Å². The van der Waals surface area contributed by atoms with Crippen molar-refractivity contribution in [2.24, 2.45) is 5.92 Å². The standard InChI is InChI=1S/C8H18O2S/c1-4-6-7(3)8(5-2)11(9)10/h7-8H,4-6H2,1-3H3,(H,9,10)/p-1. The van der Waals surface area contributed by atoms with Crippen molar-refractivity contribution in [3.05, 3.63) is 0 Å². The zero-order chi connectivity index (χ0) is 8.85. The summed E-state index contributed by atoms with van der Waals surface area (Å²) in [5.74, 6) is 0.309. The van der Waals surface area contributed by atoms with Gasteiger partial charge < -0.3 is 4.55 Å². The third-order valence-corrected chi connectivity index (χ3v) is 3.32. The van der Waals surface area contributed by atoms with Crippen LogP contribution in [0.4, 0.5) is 0 Å². The maximum Gasteiger partial charge on any atom is 0.0238 e. The second-order valence-corrected chi connectivity index (χ2v) is 4.10. The van der Waals surface area contributed by atoms with Crippen molar-refractivity contribution in [1.29, 1.82) is 0 Å². The van der Waals surface area contributed by atoms with E-state index in [0.717, 1.165) is 19.3 Å². The zero-order valence-electron chi connectivity index (χ0n) is 7.50. The Labute approximate surface area is 71.7 Å². The largest absolute Gasteiger partial charge is 0.772 e. The third kappa shape index (κ3) is 3.87. The maximum absolute atomic E-state index is 10.6. The summed E-state index contributed by atoms with van der Waals surface area (Å²) in [6, 6.07) is 0. The molecule has 0 radical (unpaired) electrons. The SMILES string of the molecule is CCCC(C)C(CC)S(=O)[O-]. The molecule has 0 saturated heterocycles. The Morgan fingerprint density at radius 2 is 2.00 bits per heavy atom.